The summed E-state index contributed by atoms with van der Waals surface area (Å²) >= 11 is 0. The van der Waals surface area contributed by atoms with Gasteiger partial charge in [0, 0.05) is 39.5 Å². The van der Waals surface area contributed by atoms with Crippen LogP contribution < -0.4 is 15.4 Å². The van der Waals surface area contributed by atoms with Crippen LogP contribution >= 0.6 is 0 Å². The summed E-state index contributed by atoms with van der Waals surface area (Å²) in [6.45, 7) is 8.23. The predicted molar refractivity (Wildman–Crippen MR) is 129 cm³/mol. The first-order valence-corrected chi connectivity index (χ1v) is 11.8. The lowest BCUT2D eigenvalue weighted by Gasteiger charge is -2.21. The van der Waals surface area contributed by atoms with Gasteiger partial charge in [-0.15, -0.1) is 0 Å². The molecule has 1 aliphatic heterocycles. The fraction of sp³-hybridized carbons (Fsp3) is 0.500. The largest absolute Gasteiger partial charge is 0.489 e. The molecule has 0 unspecified atom stereocenters. The van der Waals surface area contributed by atoms with E-state index < -0.39 is 0 Å². The Balaban J connectivity index is 1.41. The van der Waals surface area contributed by atoms with Crippen LogP contribution in [-0.4, -0.2) is 45.5 Å². The molecule has 0 atom stereocenters. The van der Waals surface area contributed by atoms with E-state index in [0.717, 1.165) is 76.1 Å². The molecule has 0 saturated carbocycles. The van der Waals surface area contributed by atoms with E-state index in [0.29, 0.717) is 19.1 Å². The van der Waals surface area contributed by atoms with Gasteiger partial charge in [0.25, 0.3) is 0 Å². The molecular weight excluding hydrogens is 402 g/mol. The molecule has 6 heteroatoms. The van der Waals surface area contributed by atoms with Crippen LogP contribution in [0.4, 0.5) is 0 Å². The molecule has 0 radical (unpaired) electrons. The van der Waals surface area contributed by atoms with Crippen LogP contribution in [0.15, 0.2) is 59.6 Å². The summed E-state index contributed by atoms with van der Waals surface area (Å²) in [5, 5.41) is 6.74. The van der Waals surface area contributed by atoms with Gasteiger partial charge in [-0.2, -0.15) is 0 Å². The van der Waals surface area contributed by atoms with Gasteiger partial charge < -0.3 is 24.8 Å². The molecule has 174 valence electrons. The fourth-order valence-electron chi connectivity index (χ4n) is 3.58. The lowest BCUT2D eigenvalue weighted by atomic mass is 10.0. The molecular formula is C26H37N3O3. The van der Waals surface area contributed by atoms with Crippen LogP contribution in [0.5, 0.6) is 5.75 Å². The zero-order chi connectivity index (χ0) is 22.3. The second-order valence-electron chi connectivity index (χ2n) is 7.98. The summed E-state index contributed by atoms with van der Waals surface area (Å²) in [4.78, 5) is 4.77. The maximum Gasteiger partial charge on any atom is 0.191 e. The van der Waals surface area contributed by atoms with E-state index in [-0.39, 0.29) is 0 Å². The van der Waals surface area contributed by atoms with Gasteiger partial charge in [0.05, 0.1) is 6.54 Å². The van der Waals surface area contributed by atoms with Crippen LogP contribution in [0.3, 0.4) is 0 Å². The van der Waals surface area contributed by atoms with Crippen molar-refractivity contribution in [1.82, 2.24) is 10.6 Å². The van der Waals surface area contributed by atoms with E-state index in [9.17, 15) is 0 Å². The van der Waals surface area contributed by atoms with Crippen molar-refractivity contribution in [3.05, 3.63) is 65.7 Å². The first-order valence-electron chi connectivity index (χ1n) is 11.8. The molecule has 2 aromatic carbocycles. The second kappa shape index (κ2) is 14.5. The maximum absolute atomic E-state index is 5.93. The van der Waals surface area contributed by atoms with Crippen molar-refractivity contribution in [3.63, 3.8) is 0 Å². The number of hydrogen-bond donors (Lipinski definition) is 2. The SMILES string of the molecule is CCNC(=NCc1ccccc1COc1ccccc1)NCCCOCC1CCOCC1. The van der Waals surface area contributed by atoms with Crippen molar-refractivity contribution in [2.24, 2.45) is 10.9 Å². The molecule has 0 amide bonds. The summed E-state index contributed by atoms with van der Waals surface area (Å²) < 4.78 is 17.2. The van der Waals surface area contributed by atoms with Crippen LogP contribution in [0.2, 0.25) is 0 Å². The van der Waals surface area contributed by atoms with Crippen molar-refractivity contribution in [3.8, 4) is 5.75 Å². The van der Waals surface area contributed by atoms with Crippen molar-refractivity contribution in [2.75, 3.05) is 39.5 Å². The van der Waals surface area contributed by atoms with Gasteiger partial charge in [0.1, 0.15) is 12.4 Å². The van der Waals surface area contributed by atoms with Crippen LogP contribution in [-0.2, 0) is 22.6 Å². The van der Waals surface area contributed by atoms with Gasteiger partial charge in [0.15, 0.2) is 5.96 Å². The highest BCUT2D eigenvalue weighted by Gasteiger charge is 2.13. The Bertz CT molecular complexity index is 792. The first kappa shape index (κ1) is 24.1. The number of ether oxygens (including phenoxy) is 3. The monoisotopic (exact) mass is 439 g/mol. The van der Waals surface area contributed by atoms with Crippen molar-refractivity contribution < 1.29 is 14.2 Å². The van der Waals surface area contributed by atoms with Gasteiger partial charge in [-0.1, -0.05) is 42.5 Å². The van der Waals surface area contributed by atoms with E-state index in [1.807, 2.05) is 42.5 Å². The Kier molecular flexibility index (Phi) is 10.9. The molecule has 2 N–H and O–H groups in total. The molecule has 6 nitrogen and oxygen atoms in total. The minimum Gasteiger partial charge on any atom is -0.489 e. The number of benzene rings is 2. The number of guanidine groups is 1. The van der Waals surface area contributed by atoms with Crippen molar-refractivity contribution in [1.29, 1.82) is 0 Å². The Labute approximate surface area is 192 Å². The first-order chi connectivity index (χ1) is 15.8. The molecule has 0 spiro atoms. The van der Waals surface area contributed by atoms with E-state index in [1.165, 1.54) is 5.56 Å². The van der Waals surface area contributed by atoms with E-state index in [2.05, 4.69) is 29.7 Å². The number of rotatable bonds is 12. The summed E-state index contributed by atoms with van der Waals surface area (Å²) in [5.74, 6) is 2.36. The third-order valence-corrected chi connectivity index (χ3v) is 5.46. The van der Waals surface area contributed by atoms with E-state index >= 15 is 0 Å². The normalized spacial score (nSPS) is 14.8. The third-order valence-electron chi connectivity index (χ3n) is 5.46. The molecule has 0 bridgehead atoms. The molecule has 0 aromatic heterocycles. The second-order valence-corrected chi connectivity index (χ2v) is 7.98. The Hall–Kier alpha value is -2.57. The molecule has 2 aromatic rings. The van der Waals surface area contributed by atoms with Crippen LogP contribution in [0.25, 0.3) is 0 Å². The predicted octanol–water partition coefficient (Wildman–Crippen LogP) is 4.15. The van der Waals surface area contributed by atoms with Gasteiger partial charge >= 0.3 is 0 Å². The highest BCUT2D eigenvalue weighted by molar-refractivity contribution is 5.79. The van der Waals surface area contributed by atoms with Gasteiger partial charge in [-0.25, -0.2) is 4.99 Å². The van der Waals surface area contributed by atoms with Gasteiger partial charge in [-0.3, -0.25) is 0 Å². The quantitative estimate of drug-likeness (QED) is 0.295. The number of hydrogen-bond acceptors (Lipinski definition) is 4. The zero-order valence-corrected chi connectivity index (χ0v) is 19.2. The highest BCUT2D eigenvalue weighted by atomic mass is 16.5. The third kappa shape index (κ3) is 8.89. The zero-order valence-electron chi connectivity index (χ0n) is 19.2. The van der Waals surface area contributed by atoms with Crippen LogP contribution in [0, 0.1) is 5.92 Å². The lowest BCUT2D eigenvalue weighted by Crippen LogP contribution is -2.38. The minimum atomic E-state index is 0.532. The molecule has 0 aliphatic carbocycles. The maximum atomic E-state index is 5.93. The summed E-state index contributed by atoms with van der Waals surface area (Å²) in [7, 11) is 0. The summed E-state index contributed by atoms with van der Waals surface area (Å²) in [6.07, 6.45) is 3.19. The number of para-hydroxylation sites is 1. The molecule has 1 saturated heterocycles. The van der Waals surface area contributed by atoms with Crippen LogP contribution in [0.1, 0.15) is 37.3 Å². The van der Waals surface area contributed by atoms with Crippen molar-refractivity contribution >= 4 is 5.96 Å². The Morgan fingerprint density at radius 3 is 2.53 bits per heavy atom. The number of aliphatic imine (C=N–C) groups is 1. The minimum absolute atomic E-state index is 0.532. The number of nitrogens with one attached hydrogen (secondary N) is 2. The molecule has 1 heterocycles. The average molecular weight is 440 g/mol. The standard InChI is InChI=1S/C26H37N3O3/c1-2-27-26(28-15-8-16-31-20-22-13-17-30-18-14-22)29-19-23-9-6-7-10-24(23)21-32-25-11-4-3-5-12-25/h3-7,9-12,22H,2,8,13-21H2,1H3,(H2,27,28,29). The Morgan fingerprint density at radius 2 is 1.75 bits per heavy atom. The van der Waals surface area contributed by atoms with Gasteiger partial charge in [-0.05, 0) is 55.4 Å². The van der Waals surface area contributed by atoms with Crippen molar-refractivity contribution in [2.45, 2.75) is 39.3 Å². The lowest BCUT2D eigenvalue weighted by molar-refractivity contribution is 0.0203. The molecule has 1 fully saturated rings. The number of nitrogens with zero attached hydrogens (tertiary/aromatic N) is 1. The smallest absolute Gasteiger partial charge is 0.191 e. The fourth-order valence-corrected chi connectivity index (χ4v) is 3.58. The van der Waals surface area contributed by atoms with E-state index in [4.69, 9.17) is 19.2 Å². The van der Waals surface area contributed by atoms with Gasteiger partial charge in [0.2, 0.25) is 0 Å². The molecule has 32 heavy (non-hydrogen) atoms. The van der Waals surface area contributed by atoms with E-state index in [1.54, 1.807) is 0 Å². The topological polar surface area (TPSA) is 64.1 Å². The average Bonchev–Trinajstić information content (AvgIpc) is 2.85. The molecule has 3 rings (SSSR count). The summed E-state index contributed by atoms with van der Waals surface area (Å²) in [6, 6.07) is 18.2. The Morgan fingerprint density at radius 1 is 1.00 bits per heavy atom. The summed E-state index contributed by atoms with van der Waals surface area (Å²) in [5.41, 5.74) is 2.32. The highest BCUT2D eigenvalue weighted by Crippen LogP contribution is 2.16. The molecule has 1 aliphatic rings.